The lowest BCUT2D eigenvalue weighted by atomic mass is 10.1. The van der Waals surface area contributed by atoms with Gasteiger partial charge in [0.25, 0.3) is 0 Å². The summed E-state index contributed by atoms with van der Waals surface area (Å²) < 4.78 is 6.07. The normalized spacial score (nSPS) is 11.9. The largest absolute Gasteiger partial charge is 0.618 e. The summed E-state index contributed by atoms with van der Waals surface area (Å²) in [4.78, 5) is 4.10. The zero-order valence-corrected chi connectivity index (χ0v) is 11.8. The van der Waals surface area contributed by atoms with Gasteiger partial charge in [0.05, 0.1) is 6.20 Å². The molecule has 0 radical (unpaired) electrons. The number of nitrogens with zero attached hydrogens (tertiary/aromatic N) is 2. The Morgan fingerprint density at radius 1 is 1.00 bits per heavy atom. The molecule has 4 heteroatoms. The van der Waals surface area contributed by atoms with Crippen molar-refractivity contribution in [1.82, 2.24) is 4.98 Å². The number of hydrogen-bond donors (Lipinski definition) is 0. The fourth-order valence-corrected chi connectivity index (χ4v) is 2.00. The summed E-state index contributed by atoms with van der Waals surface area (Å²) in [5.74, 6) is 0.594. The molecule has 0 amide bonds. The first-order valence-electron chi connectivity index (χ1n) is 6.86. The van der Waals surface area contributed by atoms with E-state index in [0.717, 1.165) is 15.9 Å². The molecule has 0 unspecified atom stereocenters. The standard InChI is InChI=1S/C18H14N2O2/c21-20(17-6-2-1-3-7-17)13-4-5-15-8-10-16(11-9-15)18-19-12-14-22-18/h1-14H. The summed E-state index contributed by atoms with van der Waals surface area (Å²) >= 11 is 0. The van der Waals surface area contributed by atoms with Crippen LogP contribution >= 0.6 is 0 Å². The van der Waals surface area contributed by atoms with Crippen LogP contribution in [0.15, 0.2) is 77.6 Å². The Balaban J connectivity index is 1.71. The topological polar surface area (TPSA) is 52.1 Å². The van der Waals surface area contributed by atoms with Crippen LogP contribution in [0.3, 0.4) is 0 Å². The SMILES string of the molecule is [O-][N+](=CC=Cc1ccc(-c2ncco2)cc1)c1ccccc1. The molecule has 0 bridgehead atoms. The average molecular weight is 290 g/mol. The summed E-state index contributed by atoms with van der Waals surface area (Å²) in [5, 5.41) is 11.8. The fourth-order valence-electron chi connectivity index (χ4n) is 2.00. The van der Waals surface area contributed by atoms with Crippen molar-refractivity contribution >= 4 is 18.0 Å². The molecule has 1 heterocycles. The van der Waals surface area contributed by atoms with Gasteiger partial charge in [0.1, 0.15) is 6.26 Å². The fraction of sp³-hybridized carbons (Fsp3) is 0. The van der Waals surface area contributed by atoms with Crippen LogP contribution < -0.4 is 0 Å². The summed E-state index contributed by atoms with van der Waals surface area (Å²) in [6, 6.07) is 16.8. The average Bonchev–Trinajstić information content (AvgIpc) is 3.11. The van der Waals surface area contributed by atoms with E-state index in [1.165, 1.54) is 6.21 Å². The van der Waals surface area contributed by atoms with E-state index in [1.807, 2.05) is 48.5 Å². The van der Waals surface area contributed by atoms with Gasteiger partial charge in [-0.2, -0.15) is 4.74 Å². The maximum absolute atomic E-state index is 11.8. The quantitative estimate of drug-likeness (QED) is 0.312. The van der Waals surface area contributed by atoms with E-state index in [2.05, 4.69) is 4.98 Å². The Bertz CT molecular complexity index is 774. The molecule has 0 aliphatic heterocycles. The van der Waals surface area contributed by atoms with Gasteiger partial charge in [0.15, 0.2) is 6.21 Å². The molecule has 0 N–H and O–H groups in total. The number of hydrogen-bond acceptors (Lipinski definition) is 3. The smallest absolute Gasteiger partial charge is 0.225 e. The monoisotopic (exact) mass is 290 g/mol. The molecular formula is C18H14N2O2. The molecule has 3 rings (SSSR count). The zero-order chi connectivity index (χ0) is 15.2. The Labute approximate surface area is 128 Å². The molecule has 1 aromatic heterocycles. The molecule has 0 fully saturated rings. The Morgan fingerprint density at radius 2 is 1.77 bits per heavy atom. The Hall–Kier alpha value is -3.14. The maximum atomic E-state index is 11.8. The van der Waals surface area contributed by atoms with Crippen LogP contribution in [0.2, 0.25) is 0 Å². The van der Waals surface area contributed by atoms with E-state index in [4.69, 9.17) is 4.42 Å². The third kappa shape index (κ3) is 3.30. The molecule has 0 saturated heterocycles. The minimum Gasteiger partial charge on any atom is -0.618 e. The van der Waals surface area contributed by atoms with Crippen LogP contribution in [-0.4, -0.2) is 15.9 Å². The van der Waals surface area contributed by atoms with Crippen molar-refractivity contribution in [1.29, 1.82) is 0 Å². The molecule has 2 aromatic carbocycles. The van der Waals surface area contributed by atoms with E-state index in [1.54, 1.807) is 30.7 Å². The highest BCUT2D eigenvalue weighted by Crippen LogP contribution is 2.17. The van der Waals surface area contributed by atoms with Gasteiger partial charge in [-0.3, -0.25) is 0 Å². The molecule has 4 nitrogen and oxygen atoms in total. The number of rotatable bonds is 4. The van der Waals surface area contributed by atoms with Crippen LogP contribution in [0.25, 0.3) is 17.5 Å². The van der Waals surface area contributed by atoms with Gasteiger partial charge >= 0.3 is 0 Å². The van der Waals surface area contributed by atoms with Gasteiger partial charge in [0, 0.05) is 23.8 Å². The molecule has 0 spiro atoms. The van der Waals surface area contributed by atoms with E-state index >= 15 is 0 Å². The lowest BCUT2D eigenvalue weighted by Crippen LogP contribution is -1.94. The lowest BCUT2D eigenvalue weighted by Gasteiger charge is -2.00. The number of allylic oxidation sites excluding steroid dienone is 1. The van der Waals surface area contributed by atoms with Crippen LogP contribution in [-0.2, 0) is 0 Å². The summed E-state index contributed by atoms with van der Waals surface area (Å²) in [6.07, 6.45) is 8.24. The van der Waals surface area contributed by atoms with E-state index in [9.17, 15) is 5.21 Å². The van der Waals surface area contributed by atoms with Crippen LogP contribution in [0.1, 0.15) is 5.56 Å². The number of para-hydroxylation sites is 1. The first-order valence-corrected chi connectivity index (χ1v) is 6.86. The van der Waals surface area contributed by atoms with E-state index in [-0.39, 0.29) is 0 Å². The molecule has 0 atom stereocenters. The van der Waals surface area contributed by atoms with Gasteiger partial charge in [-0.05, 0) is 23.8 Å². The number of aromatic nitrogens is 1. The van der Waals surface area contributed by atoms with Gasteiger partial charge in [-0.25, -0.2) is 4.98 Å². The molecule has 0 aliphatic rings. The highest BCUT2D eigenvalue weighted by Gasteiger charge is 2.00. The Morgan fingerprint density at radius 3 is 2.45 bits per heavy atom. The molecule has 108 valence electrons. The number of oxazole rings is 1. The summed E-state index contributed by atoms with van der Waals surface area (Å²) in [6.45, 7) is 0. The van der Waals surface area contributed by atoms with Crippen molar-refractivity contribution in [2.24, 2.45) is 0 Å². The minimum absolute atomic E-state index is 0.594. The predicted molar refractivity (Wildman–Crippen MR) is 86.8 cm³/mol. The van der Waals surface area contributed by atoms with E-state index < -0.39 is 0 Å². The highest BCUT2D eigenvalue weighted by atomic mass is 16.5. The van der Waals surface area contributed by atoms with Crippen LogP contribution in [0.4, 0.5) is 5.69 Å². The van der Waals surface area contributed by atoms with Crippen molar-refractivity contribution in [2.75, 3.05) is 0 Å². The molecule has 3 aromatic rings. The van der Waals surface area contributed by atoms with Gasteiger partial charge in [0.2, 0.25) is 11.6 Å². The summed E-state index contributed by atoms with van der Waals surface area (Å²) in [7, 11) is 0. The molecule has 22 heavy (non-hydrogen) atoms. The van der Waals surface area contributed by atoms with Gasteiger partial charge < -0.3 is 9.62 Å². The second-order valence-corrected chi connectivity index (χ2v) is 4.63. The lowest BCUT2D eigenvalue weighted by molar-refractivity contribution is -0.354. The van der Waals surface area contributed by atoms with E-state index in [0.29, 0.717) is 11.6 Å². The second-order valence-electron chi connectivity index (χ2n) is 4.63. The van der Waals surface area contributed by atoms with Crippen LogP contribution in [0.5, 0.6) is 0 Å². The first-order chi connectivity index (χ1) is 10.8. The van der Waals surface area contributed by atoms with Crippen molar-refractivity contribution in [3.8, 4) is 11.5 Å². The third-order valence-electron chi connectivity index (χ3n) is 3.11. The number of benzene rings is 2. The highest BCUT2D eigenvalue weighted by molar-refractivity contribution is 5.76. The first kappa shape index (κ1) is 13.8. The zero-order valence-electron chi connectivity index (χ0n) is 11.8. The van der Waals surface area contributed by atoms with Crippen molar-refractivity contribution in [3.63, 3.8) is 0 Å². The summed E-state index contributed by atoms with van der Waals surface area (Å²) in [5.41, 5.74) is 2.51. The van der Waals surface area contributed by atoms with Gasteiger partial charge in [-0.1, -0.05) is 30.3 Å². The van der Waals surface area contributed by atoms with Crippen molar-refractivity contribution in [2.45, 2.75) is 0 Å². The third-order valence-corrected chi connectivity index (χ3v) is 3.11. The molecular weight excluding hydrogens is 276 g/mol. The second kappa shape index (κ2) is 6.54. The van der Waals surface area contributed by atoms with Crippen LogP contribution in [0, 0.1) is 5.21 Å². The minimum atomic E-state index is 0.594. The van der Waals surface area contributed by atoms with Crippen molar-refractivity contribution < 1.29 is 9.16 Å². The van der Waals surface area contributed by atoms with Gasteiger partial charge in [-0.15, -0.1) is 0 Å². The Kier molecular flexibility index (Phi) is 4.11. The predicted octanol–water partition coefficient (Wildman–Crippen LogP) is 4.27. The van der Waals surface area contributed by atoms with Crippen molar-refractivity contribution in [3.05, 3.63) is 83.9 Å². The maximum Gasteiger partial charge on any atom is 0.225 e. The molecule has 0 aliphatic carbocycles. The molecule has 0 saturated carbocycles.